The fraction of sp³-hybridized carbons (Fsp3) is 0.263. The Morgan fingerprint density at radius 1 is 1.17 bits per heavy atom. The van der Waals surface area contributed by atoms with Gasteiger partial charge in [-0.15, -0.1) is 0 Å². The number of hydrogen-bond donors (Lipinski definition) is 1. The molecule has 1 aromatic heterocycles. The van der Waals surface area contributed by atoms with Gasteiger partial charge in [0.2, 0.25) is 0 Å². The van der Waals surface area contributed by atoms with Crippen molar-refractivity contribution >= 4 is 22.5 Å². The van der Waals surface area contributed by atoms with Crippen molar-refractivity contribution in [3.8, 4) is 11.6 Å². The molecule has 3 nitrogen and oxygen atoms in total. The minimum Gasteiger partial charge on any atom is -0.477 e. The summed E-state index contributed by atoms with van der Waals surface area (Å²) < 4.78 is 21.4. The Balaban J connectivity index is 1.75. The fourth-order valence-corrected chi connectivity index (χ4v) is 3.39. The fourth-order valence-electron chi connectivity index (χ4n) is 3.21. The summed E-state index contributed by atoms with van der Waals surface area (Å²) in [5, 5.41) is 5.12. The second-order valence-electron chi connectivity index (χ2n) is 6.10. The van der Waals surface area contributed by atoms with Gasteiger partial charge >= 0.3 is 0 Å². The van der Waals surface area contributed by atoms with Crippen LogP contribution >= 0.6 is 11.6 Å². The third-order valence-corrected chi connectivity index (χ3v) is 4.64. The Hall–Kier alpha value is -2.04. The standard InChI is InChI=1S/C19H18ClFN2O/c20-14-3-8-18-13(10-14)11-19(24-12-16-2-1-9-22-16)23(18)17-6-4-15(21)5-7-17/h3-8,10-11,16,22H,1-2,9,12H2. The molecule has 124 valence electrons. The number of rotatable bonds is 4. The summed E-state index contributed by atoms with van der Waals surface area (Å²) in [6.07, 6.45) is 2.31. The molecular formula is C19H18ClFN2O. The van der Waals surface area contributed by atoms with Crippen LogP contribution in [-0.4, -0.2) is 23.8 Å². The van der Waals surface area contributed by atoms with Crippen molar-refractivity contribution in [1.29, 1.82) is 0 Å². The Labute approximate surface area is 145 Å². The van der Waals surface area contributed by atoms with Crippen molar-refractivity contribution in [2.45, 2.75) is 18.9 Å². The molecule has 5 heteroatoms. The number of fused-ring (bicyclic) bond motifs is 1. The Morgan fingerprint density at radius 2 is 2.00 bits per heavy atom. The maximum absolute atomic E-state index is 13.3. The van der Waals surface area contributed by atoms with Gasteiger partial charge < -0.3 is 10.1 Å². The molecule has 2 aromatic carbocycles. The predicted octanol–water partition coefficient (Wildman–Crippen LogP) is 4.55. The summed E-state index contributed by atoms with van der Waals surface area (Å²) in [7, 11) is 0. The van der Waals surface area contributed by atoms with Crippen LogP contribution in [0.4, 0.5) is 4.39 Å². The third-order valence-electron chi connectivity index (χ3n) is 4.41. The number of halogens is 2. The van der Waals surface area contributed by atoms with Gasteiger partial charge in [-0.2, -0.15) is 0 Å². The highest BCUT2D eigenvalue weighted by atomic mass is 35.5. The molecule has 1 aliphatic heterocycles. The van der Waals surface area contributed by atoms with Crippen LogP contribution in [0.15, 0.2) is 48.5 Å². The number of benzene rings is 2. The van der Waals surface area contributed by atoms with Gasteiger partial charge in [0.15, 0.2) is 5.88 Å². The van der Waals surface area contributed by atoms with Gasteiger partial charge in [-0.3, -0.25) is 4.57 Å². The van der Waals surface area contributed by atoms with Gasteiger partial charge in [-0.05, 0) is 61.9 Å². The Bertz CT molecular complexity index is 854. The third kappa shape index (κ3) is 2.99. The van der Waals surface area contributed by atoms with Crippen LogP contribution in [-0.2, 0) is 0 Å². The lowest BCUT2D eigenvalue weighted by atomic mass is 10.2. The lowest BCUT2D eigenvalue weighted by Crippen LogP contribution is -2.28. The molecule has 1 atom stereocenters. The molecule has 3 aromatic rings. The number of nitrogens with one attached hydrogen (secondary N) is 1. The average Bonchev–Trinajstić information content (AvgIpc) is 3.20. The Kier molecular flexibility index (Phi) is 4.17. The first-order valence-electron chi connectivity index (χ1n) is 8.14. The highest BCUT2D eigenvalue weighted by molar-refractivity contribution is 6.31. The molecule has 0 spiro atoms. The predicted molar refractivity (Wildman–Crippen MR) is 94.8 cm³/mol. The van der Waals surface area contributed by atoms with Crippen LogP contribution in [0.3, 0.4) is 0 Å². The molecule has 24 heavy (non-hydrogen) atoms. The van der Waals surface area contributed by atoms with Crippen LogP contribution in [0.5, 0.6) is 5.88 Å². The molecule has 4 rings (SSSR count). The first-order chi connectivity index (χ1) is 11.7. The Morgan fingerprint density at radius 3 is 2.75 bits per heavy atom. The highest BCUT2D eigenvalue weighted by Crippen LogP contribution is 2.31. The van der Waals surface area contributed by atoms with Gasteiger partial charge in [-0.1, -0.05) is 11.6 Å². The van der Waals surface area contributed by atoms with E-state index in [1.807, 2.05) is 28.8 Å². The van der Waals surface area contributed by atoms with E-state index in [0.29, 0.717) is 17.7 Å². The summed E-state index contributed by atoms with van der Waals surface area (Å²) in [6, 6.07) is 14.5. The van der Waals surface area contributed by atoms with Crippen molar-refractivity contribution in [2.75, 3.05) is 13.2 Å². The zero-order chi connectivity index (χ0) is 16.5. The van der Waals surface area contributed by atoms with Crippen LogP contribution in [0.2, 0.25) is 5.02 Å². The molecule has 0 aliphatic carbocycles. The molecule has 1 N–H and O–H groups in total. The van der Waals surface area contributed by atoms with E-state index >= 15 is 0 Å². The summed E-state index contributed by atoms with van der Waals surface area (Å²) in [4.78, 5) is 0. The molecule has 0 bridgehead atoms. The minimum absolute atomic E-state index is 0.254. The average molecular weight is 345 g/mol. The van der Waals surface area contributed by atoms with E-state index in [9.17, 15) is 4.39 Å². The molecule has 0 radical (unpaired) electrons. The first-order valence-corrected chi connectivity index (χ1v) is 8.52. The normalized spacial score (nSPS) is 17.5. The van der Waals surface area contributed by atoms with Crippen LogP contribution in [0.25, 0.3) is 16.6 Å². The summed E-state index contributed by atoms with van der Waals surface area (Å²) >= 11 is 6.12. The molecule has 0 amide bonds. The number of aromatic nitrogens is 1. The van der Waals surface area contributed by atoms with Gasteiger partial charge in [0.05, 0.1) is 5.52 Å². The van der Waals surface area contributed by atoms with Crippen molar-refractivity contribution in [1.82, 2.24) is 9.88 Å². The highest BCUT2D eigenvalue weighted by Gasteiger charge is 2.17. The summed E-state index contributed by atoms with van der Waals surface area (Å²) in [5.41, 5.74) is 1.85. The topological polar surface area (TPSA) is 26.2 Å². The van der Waals surface area contributed by atoms with Gasteiger partial charge in [-0.25, -0.2) is 4.39 Å². The van der Waals surface area contributed by atoms with Crippen molar-refractivity contribution in [2.24, 2.45) is 0 Å². The van der Waals surface area contributed by atoms with E-state index in [-0.39, 0.29) is 5.82 Å². The molecular weight excluding hydrogens is 327 g/mol. The van der Waals surface area contributed by atoms with Gasteiger partial charge in [0.1, 0.15) is 12.4 Å². The number of ether oxygens (including phenoxy) is 1. The van der Waals surface area contributed by atoms with Crippen LogP contribution in [0, 0.1) is 5.82 Å². The molecule has 1 fully saturated rings. The zero-order valence-electron chi connectivity index (χ0n) is 13.1. The molecule has 0 saturated carbocycles. The SMILES string of the molecule is Fc1ccc(-n2c(OCC3CCCN3)cc3cc(Cl)ccc32)cc1. The van der Waals surface area contributed by atoms with E-state index in [1.54, 1.807) is 12.1 Å². The van der Waals surface area contributed by atoms with E-state index < -0.39 is 0 Å². The minimum atomic E-state index is -0.254. The van der Waals surface area contributed by atoms with Crippen molar-refractivity contribution < 1.29 is 9.13 Å². The van der Waals surface area contributed by atoms with Crippen molar-refractivity contribution in [3.05, 3.63) is 59.4 Å². The second kappa shape index (κ2) is 6.46. The summed E-state index contributed by atoms with van der Waals surface area (Å²) in [5.74, 6) is 0.489. The smallest absolute Gasteiger partial charge is 0.199 e. The maximum Gasteiger partial charge on any atom is 0.199 e. The quantitative estimate of drug-likeness (QED) is 0.751. The molecule has 2 heterocycles. The van der Waals surface area contributed by atoms with Gasteiger partial charge in [0.25, 0.3) is 0 Å². The van der Waals surface area contributed by atoms with Crippen LogP contribution in [0.1, 0.15) is 12.8 Å². The van der Waals surface area contributed by atoms with Gasteiger partial charge in [0, 0.05) is 28.2 Å². The lowest BCUT2D eigenvalue weighted by Gasteiger charge is -2.15. The molecule has 1 aliphatic rings. The molecule has 1 saturated heterocycles. The monoisotopic (exact) mass is 344 g/mol. The van der Waals surface area contributed by atoms with E-state index in [4.69, 9.17) is 16.3 Å². The lowest BCUT2D eigenvalue weighted by molar-refractivity contribution is 0.264. The van der Waals surface area contributed by atoms with Crippen LogP contribution < -0.4 is 10.1 Å². The largest absolute Gasteiger partial charge is 0.477 e. The first kappa shape index (κ1) is 15.5. The van der Waals surface area contributed by atoms with Crippen molar-refractivity contribution in [3.63, 3.8) is 0 Å². The van der Waals surface area contributed by atoms with E-state index in [2.05, 4.69) is 5.32 Å². The second-order valence-corrected chi connectivity index (χ2v) is 6.54. The number of hydrogen-bond acceptors (Lipinski definition) is 2. The zero-order valence-corrected chi connectivity index (χ0v) is 13.9. The summed E-state index contributed by atoms with van der Waals surface area (Å²) in [6.45, 7) is 1.66. The molecule has 1 unspecified atom stereocenters. The number of nitrogens with zero attached hydrogens (tertiary/aromatic N) is 1. The van der Waals surface area contributed by atoms with E-state index in [1.165, 1.54) is 18.6 Å². The van der Waals surface area contributed by atoms with E-state index in [0.717, 1.165) is 35.4 Å². The maximum atomic E-state index is 13.3.